The number of aliphatic imine (C=N–C) groups is 1. The predicted molar refractivity (Wildman–Crippen MR) is 118 cm³/mol. The fourth-order valence-electron chi connectivity index (χ4n) is 2.57. The summed E-state index contributed by atoms with van der Waals surface area (Å²) in [5, 5.41) is 8.74. The standard InChI is InChI=1S/C16H30F3N5O4S.HI/c1-15(2,3)28-14(25)22-9-5-8-21-13(20-4)23-12-6-10-24(11-7-12)29(26,27)16(17,18)19;/h12H,5-11H2,1-4H3,(H,22,25)(H2,20,21,23);1H. The van der Waals surface area contributed by atoms with E-state index >= 15 is 0 Å². The molecule has 0 spiro atoms. The van der Waals surface area contributed by atoms with Gasteiger partial charge in [0.05, 0.1) is 0 Å². The molecule has 0 aromatic heterocycles. The number of carbonyl (C=O) groups is 1. The molecule has 1 amide bonds. The fourth-order valence-corrected chi connectivity index (χ4v) is 3.56. The molecule has 1 heterocycles. The number of nitrogens with zero attached hydrogens (tertiary/aromatic N) is 2. The average Bonchev–Trinajstić information content (AvgIpc) is 2.58. The Morgan fingerprint density at radius 3 is 2.13 bits per heavy atom. The molecule has 0 aliphatic carbocycles. The Morgan fingerprint density at radius 1 is 1.13 bits per heavy atom. The van der Waals surface area contributed by atoms with Crippen LogP contribution in [0.3, 0.4) is 0 Å². The zero-order valence-corrected chi connectivity index (χ0v) is 20.7. The highest BCUT2D eigenvalue weighted by Crippen LogP contribution is 2.28. The van der Waals surface area contributed by atoms with Crippen LogP contribution in [0.15, 0.2) is 4.99 Å². The van der Waals surface area contributed by atoms with Crippen LogP contribution in [0.1, 0.15) is 40.0 Å². The van der Waals surface area contributed by atoms with Gasteiger partial charge in [-0.1, -0.05) is 0 Å². The number of carbonyl (C=O) groups excluding carboxylic acids is 1. The maximum Gasteiger partial charge on any atom is 0.511 e. The lowest BCUT2D eigenvalue weighted by Gasteiger charge is -2.32. The number of nitrogens with one attached hydrogen (secondary N) is 3. The second-order valence-corrected chi connectivity index (χ2v) is 9.48. The number of rotatable bonds is 6. The van der Waals surface area contributed by atoms with Crippen molar-refractivity contribution in [2.75, 3.05) is 33.2 Å². The highest BCUT2D eigenvalue weighted by atomic mass is 127. The molecule has 1 fully saturated rings. The molecule has 1 rings (SSSR count). The average molecular weight is 573 g/mol. The van der Waals surface area contributed by atoms with Crippen LogP contribution in [0.5, 0.6) is 0 Å². The van der Waals surface area contributed by atoms with Crippen molar-refractivity contribution in [3.8, 4) is 0 Å². The Morgan fingerprint density at radius 2 is 1.67 bits per heavy atom. The van der Waals surface area contributed by atoms with Crippen LogP contribution in [0.25, 0.3) is 0 Å². The smallest absolute Gasteiger partial charge is 0.444 e. The van der Waals surface area contributed by atoms with Crippen molar-refractivity contribution in [2.24, 2.45) is 4.99 Å². The van der Waals surface area contributed by atoms with Crippen LogP contribution in [0, 0.1) is 0 Å². The largest absolute Gasteiger partial charge is 0.511 e. The van der Waals surface area contributed by atoms with E-state index < -0.39 is 27.2 Å². The van der Waals surface area contributed by atoms with E-state index in [0.717, 1.165) is 0 Å². The molecule has 0 bridgehead atoms. The molecule has 0 saturated carbocycles. The van der Waals surface area contributed by atoms with E-state index in [1.807, 2.05) is 0 Å². The van der Waals surface area contributed by atoms with Gasteiger partial charge in [0.25, 0.3) is 0 Å². The third-order valence-electron chi connectivity index (χ3n) is 3.97. The number of halogens is 4. The van der Waals surface area contributed by atoms with Gasteiger partial charge in [-0.15, -0.1) is 24.0 Å². The van der Waals surface area contributed by atoms with Gasteiger partial charge < -0.3 is 20.7 Å². The van der Waals surface area contributed by atoms with Crippen LogP contribution < -0.4 is 16.0 Å². The van der Waals surface area contributed by atoms with Crippen molar-refractivity contribution in [2.45, 2.75) is 57.2 Å². The molecule has 1 saturated heterocycles. The van der Waals surface area contributed by atoms with E-state index in [4.69, 9.17) is 4.74 Å². The first-order valence-electron chi connectivity index (χ1n) is 9.26. The maximum absolute atomic E-state index is 12.6. The second-order valence-electron chi connectivity index (χ2n) is 7.55. The Balaban J connectivity index is 0.00000841. The molecule has 1 aliphatic heterocycles. The van der Waals surface area contributed by atoms with Gasteiger partial charge in [-0.3, -0.25) is 4.99 Å². The number of hydrogen-bond donors (Lipinski definition) is 3. The van der Waals surface area contributed by atoms with Gasteiger partial charge in [0.1, 0.15) is 5.60 Å². The number of alkyl carbamates (subject to hydrolysis) is 1. The van der Waals surface area contributed by atoms with Crippen molar-refractivity contribution >= 4 is 46.1 Å². The number of hydrogen-bond acceptors (Lipinski definition) is 5. The summed E-state index contributed by atoms with van der Waals surface area (Å²) >= 11 is 0. The summed E-state index contributed by atoms with van der Waals surface area (Å²) in [6.07, 6.45) is 0.565. The SMILES string of the molecule is CN=C(NCCCNC(=O)OC(C)(C)C)NC1CCN(S(=O)(=O)C(F)(F)F)CC1.I. The van der Waals surface area contributed by atoms with Gasteiger partial charge in [-0.2, -0.15) is 17.5 Å². The first-order chi connectivity index (χ1) is 13.3. The highest BCUT2D eigenvalue weighted by molar-refractivity contribution is 14.0. The van der Waals surface area contributed by atoms with Crippen molar-refractivity contribution < 1.29 is 31.1 Å². The minimum Gasteiger partial charge on any atom is -0.444 e. The van der Waals surface area contributed by atoms with Crippen molar-refractivity contribution in [1.29, 1.82) is 0 Å². The molecule has 14 heteroatoms. The molecule has 9 nitrogen and oxygen atoms in total. The molecule has 0 unspecified atom stereocenters. The summed E-state index contributed by atoms with van der Waals surface area (Å²) in [5.41, 5.74) is -5.85. The first kappa shape index (κ1) is 29.0. The number of ether oxygens (including phenoxy) is 1. The zero-order chi connectivity index (χ0) is 22.3. The lowest BCUT2D eigenvalue weighted by Crippen LogP contribution is -2.51. The Hall–Kier alpha value is -1.03. The Labute approximate surface area is 192 Å². The van der Waals surface area contributed by atoms with Gasteiger partial charge in [0.2, 0.25) is 0 Å². The summed E-state index contributed by atoms with van der Waals surface area (Å²) in [7, 11) is -3.73. The molecule has 0 aromatic carbocycles. The lowest BCUT2D eigenvalue weighted by atomic mass is 10.1. The summed E-state index contributed by atoms with van der Waals surface area (Å²) in [6, 6.07) is -0.194. The zero-order valence-electron chi connectivity index (χ0n) is 17.5. The molecular weight excluding hydrogens is 542 g/mol. The number of guanidine groups is 1. The minimum atomic E-state index is -5.28. The molecule has 1 aliphatic rings. The minimum absolute atomic E-state index is 0. The second kappa shape index (κ2) is 12.1. The monoisotopic (exact) mass is 573 g/mol. The van der Waals surface area contributed by atoms with Gasteiger partial charge in [-0.25, -0.2) is 13.2 Å². The molecule has 3 N–H and O–H groups in total. The first-order valence-corrected chi connectivity index (χ1v) is 10.7. The van der Waals surface area contributed by atoms with E-state index in [1.165, 1.54) is 0 Å². The van der Waals surface area contributed by atoms with E-state index in [-0.39, 0.29) is 55.9 Å². The Bertz CT molecular complexity index is 675. The lowest BCUT2D eigenvalue weighted by molar-refractivity contribution is -0.0494. The predicted octanol–water partition coefficient (Wildman–Crippen LogP) is 2.00. The number of sulfonamides is 1. The number of piperidine rings is 1. The number of alkyl halides is 3. The number of amides is 1. The fraction of sp³-hybridized carbons (Fsp3) is 0.875. The van der Waals surface area contributed by atoms with Gasteiger partial charge in [0, 0.05) is 39.3 Å². The highest BCUT2D eigenvalue weighted by Gasteiger charge is 2.50. The van der Waals surface area contributed by atoms with Crippen molar-refractivity contribution in [3.63, 3.8) is 0 Å². The van der Waals surface area contributed by atoms with Crippen LogP contribution in [-0.4, -0.2) is 75.2 Å². The molecule has 178 valence electrons. The van der Waals surface area contributed by atoms with Gasteiger partial charge >= 0.3 is 21.6 Å². The molecule has 30 heavy (non-hydrogen) atoms. The van der Waals surface area contributed by atoms with Gasteiger partial charge in [0.15, 0.2) is 5.96 Å². The normalized spacial score (nSPS) is 17.1. The van der Waals surface area contributed by atoms with Gasteiger partial charge in [-0.05, 0) is 40.0 Å². The van der Waals surface area contributed by atoms with Crippen LogP contribution in [0.4, 0.5) is 18.0 Å². The Kier molecular flexibility index (Phi) is 11.7. The summed E-state index contributed by atoms with van der Waals surface area (Å²) in [6.45, 7) is 5.78. The van der Waals surface area contributed by atoms with E-state index in [1.54, 1.807) is 27.8 Å². The third kappa shape index (κ3) is 9.85. The third-order valence-corrected chi connectivity index (χ3v) is 5.59. The molecular formula is C16H31F3IN5O4S. The molecule has 0 radical (unpaired) electrons. The van der Waals surface area contributed by atoms with E-state index in [0.29, 0.717) is 29.8 Å². The molecule has 0 atom stereocenters. The quantitative estimate of drug-likeness (QED) is 0.194. The van der Waals surface area contributed by atoms with Crippen molar-refractivity contribution in [1.82, 2.24) is 20.3 Å². The maximum atomic E-state index is 12.6. The summed E-state index contributed by atoms with van der Waals surface area (Å²) < 4.78 is 66.2. The van der Waals surface area contributed by atoms with E-state index in [2.05, 4.69) is 20.9 Å². The van der Waals surface area contributed by atoms with Crippen LogP contribution >= 0.6 is 24.0 Å². The van der Waals surface area contributed by atoms with E-state index in [9.17, 15) is 26.4 Å². The topological polar surface area (TPSA) is 112 Å². The molecule has 0 aromatic rings. The summed E-state index contributed by atoms with van der Waals surface area (Å²) in [5.74, 6) is 0.458. The van der Waals surface area contributed by atoms with Crippen LogP contribution in [-0.2, 0) is 14.8 Å². The van der Waals surface area contributed by atoms with Crippen molar-refractivity contribution in [3.05, 3.63) is 0 Å². The summed E-state index contributed by atoms with van der Waals surface area (Å²) in [4.78, 5) is 15.6. The van der Waals surface area contributed by atoms with Crippen LogP contribution in [0.2, 0.25) is 0 Å².